The molecule has 0 atom stereocenters. The number of alkyl halides is 3. The van der Waals surface area contributed by atoms with Gasteiger partial charge in [0, 0.05) is 4.90 Å². The Kier molecular flexibility index (Phi) is 6.10. The van der Waals surface area contributed by atoms with E-state index in [1.807, 2.05) is 30.3 Å². The van der Waals surface area contributed by atoms with Gasteiger partial charge < -0.3 is 4.74 Å². The molecule has 0 heterocycles. The Balaban J connectivity index is 1.76. The van der Waals surface area contributed by atoms with Crippen LogP contribution >= 0.6 is 11.8 Å². The summed E-state index contributed by atoms with van der Waals surface area (Å²) in [5.74, 6) is -0.456. The predicted octanol–water partition coefficient (Wildman–Crippen LogP) is 4.79. The molecule has 6 heteroatoms. The van der Waals surface area contributed by atoms with Crippen molar-refractivity contribution >= 4 is 17.7 Å². The van der Waals surface area contributed by atoms with E-state index in [1.165, 1.54) is 18.6 Å². The maximum atomic E-state index is 12.2. The van der Waals surface area contributed by atoms with Crippen molar-refractivity contribution in [2.24, 2.45) is 0 Å². The van der Waals surface area contributed by atoms with Crippen LogP contribution in [0.3, 0.4) is 0 Å². The zero-order chi connectivity index (χ0) is 16.7. The van der Waals surface area contributed by atoms with E-state index in [0.29, 0.717) is 6.42 Å². The fraction of sp³-hybridized carbons (Fsp3) is 0.176. The average molecular weight is 339 g/mol. The van der Waals surface area contributed by atoms with Crippen LogP contribution < -0.4 is 0 Å². The molecule has 0 fully saturated rings. The van der Waals surface area contributed by atoms with E-state index in [9.17, 15) is 18.0 Å². The third-order valence-corrected chi connectivity index (χ3v) is 3.62. The van der Waals surface area contributed by atoms with Crippen molar-refractivity contribution in [1.29, 1.82) is 0 Å². The van der Waals surface area contributed by atoms with Crippen LogP contribution in [0.25, 0.3) is 0 Å². The van der Waals surface area contributed by atoms with Crippen LogP contribution in [0.4, 0.5) is 13.2 Å². The summed E-state index contributed by atoms with van der Waals surface area (Å²) in [5.41, 5.74) is -2.66. The van der Waals surface area contributed by atoms with Crippen LogP contribution in [0, 0.1) is 6.42 Å². The fourth-order valence-corrected chi connectivity index (χ4v) is 2.36. The molecule has 23 heavy (non-hydrogen) atoms. The highest BCUT2D eigenvalue weighted by Gasteiger charge is 2.28. The Labute approximate surface area is 136 Å². The van der Waals surface area contributed by atoms with Gasteiger partial charge in [0.25, 0.3) is 0 Å². The molecule has 0 aliphatic rings. The maximum Gasteiger partial charge on any atom is 0.446 e. The summed E-state index contributed by atoms with van der Waals surface area (Å²) in [4.78, 5) is 11.7. The molecule has 2 aromatic carbocycles. The Morgan fingerprint density at radius 3 is 2.26 bits per heavy atom. The van der Waals surface area contributed by atoms with E-state index in [4.69, 9.17) is 4.74 Å². The Morgan fingerprint density at radius 1 is 1.00 bits per heavy atom. The van der Waals surface area contributed by atoms with Crippen molar-refractivity contribution in [1.82, 2.24) is 0 Å². The van der Waals surface area contributed by atoms with Gasteiger partial charge in [0.05, 0.1) is 6.42 Å². The number of esters is 1. The number of hydrogen-bond donors (Lipinski definition) is 0. The molecular formula is C17H14F3O2S. The number of rotatable bonds is 6. The topological polar surface area (TPSA) is 26.3 Å². The van der Waals surface area contributed by atoms with Crippen LogP contribution in [-0.2, 0) is 22.6 Å². The Morgan fingerprint density at radius 2 is 1.65 bits per heavy atom. The van der Waals surface area contributed by atoms with E-state index in [0.717, 1.165) is 11.1 Å². The van der Waals surface area contributed by atoms with Gasteiger partial charge in [0.15, 0.2) is 0 Å². The van der Waals surface area contributed by atoms with Crippen molar-refractivity contribution in [2.45, 2.75) is 23.4 Å². The van der Waals surface area contributed by atoms with Crippen LogP contribution in [0.15, 0.2) is 59.5 Å². The van der Waals surface area contributed by atoms with Crippen LogP contribution in [-0.4, -0.2) is 11.5 Å². The molecule has 2 aromatic rings. The SMILES string of the molecule is O=C([CH]Cc1ccc(SC(F)(F)F)cc1)OCc1ccccc1. The number of benzene rings is 2. The van der Waals surface area contributed by atoms with Gasteiger partial charge in [-0.2, -0.15) is 13.2 Å². The lowest BCUT2D eigenvalue weighted by Crippen LogP contribution is -2.06. The van der Waals surface area contributed by atoms with Crippen molar-refractivity contribution in [3.05, 3.63) is 72.1 Å². The highest BCUT2D eigenvalue weighted by atomic mass is 32.2. The lowest BCUT2D eigenvalue weighted by Gasteiger charge is -2.07. The van der Waals surface area contributed by atoms with Crippen LogP contribution in [0.1, 0.15) is 11.1 Å². The first-order chi connectivity index (χ1) is 10.9. The van der Waals surface area contributed by atoms with Gasteiger partial charge in [-0.05, 0) is 41.4 Å². The largest absolute Gasteiger partial charge is 0.461 e. The highest BCUT2D eigenvalue weighted by molar-refractivity contribution is 8.00. The first kappa shape index (κ1) is 17.4. The molecule has 2 nitrogen and oxygen atoms in total. The van der Waals surface area contributed by atoms with E-state index in [2.05, 4.69) is 0 Å². The van der Waals surface area contributed by atoms with Crippen molar-refractivity contribution in [2.75, 3.05) is 0 Å². The summed E-state index contributed by atoms with van der Waals surface area (Å²) in [5, 5.41) is 0. The average Bonchev–Trinajstić information content (AvgIpc) is 2.52. The third kappa shape index (κ3) is 6.78. The fourth-order valence-electron chi connectivity index (χ4n) is 1.82. The van der Waals surface area contributed by atoms with Gasteiger partial charge in [-0.1, -0.05) is 42.5 Å². The molecule has 0 bridgehead atoms. The van der Waals surface area contributed by atoms with Gasteiger partial charge in [0.2, 0.25) is 0 Å². The molecule has 121 valence electrons. The molecule has 0 aliphatic heterocycles. The summed E-state index contributed by atoms with van der Waals surface area (Å²) >= 11 is -0.162. The molecule has 0 aromatic heterocycles. The number of halogens is 3. The Hall–Kier alpha value is -1.95. The van der Waals surface area contributed by atoms with E-state index in [1.54, 1.807) is 12.1 Å². The monoisotopic (exact) mass is 339 g/mol. The molecule has 0 aliphatic carbocycles. The van der Waals surface area contributed by atoms with Gasteiger partial charge >= 0.3 is 11.5 Å². The van der Waals surface area contributed by atoms with Crippen LogP contribution in [0.5, 0.6) is 0 Å². The van der Waals surface area contributed by atoms with E-state index in [-0.39, 0.29) is 23.3 Å². The second-order valence-electron chi connectivity index (χ2n) is 4.69. The van der Waals surface area contributed by atoms with Gasteiger partial charge in [-0.15, -0.1) is 0 Å². The molecule has 1 radical (unpaired) electrons. The van der Waals surface area contributed by atoms with Crippen molar-refractivity contribution in [3.63, 3.8) is 0 Å². The molecule has 0 saturated carbocycles. The first-order valence-corrected chi connectivity index (χ1v) is 7.62. The third-order valence-electron chi connectivity index (χ3n) is 2.89. The smallest absolute Gasteiger partial charge is 0.446 e. The normalized spacial score (nSPS) is 11.3. The molecule has 2 rings (SSSR count). The minimum atomic E-state index is -4.30. The quantitative estimate of drug-likeness (QED) is 0.559. The van der Waals surface area contributed by atoms with Gasteiger partial charge in [-0.3, -0.25) is 4.79 Å². The zero-order valence-corrected chi connectivity index (χ0v) is 12.9. The second-order valence-corrected chi connectivity index (χ2v) is 5.83. The lowest BCUT2D eigenvalue weighted by atomic mass is 10.1. The second kappa shape index (κ2) is 8.06. The first-order valence-electron chi connectivity index (χ1n) is 6.81. The van der Waals surface area contributed by atoms with E-state index >= 15 is 0 Å². The van der Waals surface area contributed by atoms with Crippen molar-refractivity contribution in [3.8, 4) is 0 Å². The molecule has 0 saturated heterocycles. The highest BCUT2D eigenvalue weighted by Crippen LogP contribution is 2.36. The minimum absolute atomic E-state index is 0.118. The van der Waals surface area contributed by atoms with Gasteiger partial charge in [0.1, 0.15) is 6.61 Å². The number of hydrogen-bond acceptors (Lipinski definition) is 3. The zero-order valence-electron chi connectivity index (χ0n) is 12.0. The van der Waals surface area contributed by atoms with Crippen LogP contribution in [0.2, 0.25) is 0 Å². The number of carbonyl (C=O) groups is 1. The van der Waals surface area contributed by atoms with Gasteiger partial charge in [-0.25, -0.2) is 0 Å². The number of carbonyl (C=O) groups excluding carboxylic acids is 1. The number of thioether (sulfide) groups is 1. The summed E-state index contributed by atoms with van der Waals surface area (Å²) < 4.78 is 41.7. The predicted molar refractivity (Wildman–Crippen MR) is 82.6 cm³/mol. The molecule has 0 N–H and O–H groups in total. The summed E-state index contributed by atoms with van der Waals surface area (Å²) in [6, 6.07) is 15.2. The number of ether oxygens (including phenoxy) is 1. The molecule has 0 spiro atoms. The molecular weight excluding hydrogens is 325 g/mol. The molecule has 0 amide bonds. The standard InChI is InChI=1S/C17H14F3O2S/c18-17(19,20)23-15-9-6-13(7-10-15)8-11-16(21)22-12-14-4-2-1-3-5-14/h1-7,9-11H,8,12H2. The van der Waals surface area contributed by atoms with E-state index < -0.39 is 11.5 Å². The molecule has 0 unspecified atom stereocenters. The maximum absolute atomic E-state index is 12.2. The Bertz CT molecular complexity index is 625. The van der Waals surface area contributed by atoms with Crippen molar-refractivity contribution < 1.29 is 22.7 Å². The summed E-state index contributed by atoms with van der Waals surface area (Å²) in [7, 11) is 0. The summed E-state index contributed by atoms with van der Waals surface area (Å²) in [6.07, 6.45) is 1.68. The lowest BCUT2D eigenvalue weighted by molar-refractivity contribution is -0.140. The minimum Gasteiger partial charge on any atom is -0.461 e. The summed E-state index contributed by atoms with van der Waals surface area (Å²) in [6.45, 7) is 0.192.